The number of hydrogen-bond acceptors (Lipinski definition) is 18. The second-order valence-corrected chi connectivity index (χ2v) is 27.7. The van der Waals surface area contributed by atoms with Crippen molar-refractivity contribution in [1.82, 2.24) is 31.9 Å². The number of nitrogens with zero attached hydrogens (tertiary/aromatic N) is 1. The molecule has 8 rings (SSSR count). The first-order chi connectivity index (χ1) is 49.2. The van der Waals surface area contributed by atoms with Gasteiger partial charge in [0.2, 0.25) is 35.4 Å². The standard InChI is InChI=1S/C75H100FN9O18/c1-47(2)67(84-64(90)26-30-98-32-34-100-36-37-101-35-33-99-31-29-78-63(89)23-24-66(92)85-43-52-13-8-7-12-51(52)38-48(3)56-14-9-10-16-60(56)85)69(94)83-59(15-11-28-79-70(77)95)68(93)82-54-20-17-50(18-21-54)44-103-71(96)80-42-65(91)81-46-102-45-62(88)75(97)49(4)39-58-57-22-19-53-40-55(86)25-27-72(53,5)74(57,76)61(87)41-73(58,75)6/h7-10,12-14,16-18,20-21,25,27,40,47,49,57-59,61,67,87,97H,3,11,15,19,22-24,26,28-39,41-46H2,1-2,4-6H3,(H,78,89)(H,80,96)(H,81,91)(H,82,93)(H,83,94)(H,84,90)(H3,77,79,95)/t49-,57+,58+,59+,61+,67+,72+,73+,74+,75+/m1/s1. The van der Waals surface area contributed by atoms with Crippen LogP contribution in [0.5, 0.6) is 0 Å². The van der Waals surface area contributed by atoms with E-state index in [2.05, 4.69) is 49.9 Å². The predicted octanol–water partition coefficient (Wildman–Crippen LogP) is 5.09. The number of Topliss-reactive ketones (excluding diaryl/α,β-unsaturated/α-hetero) is 1. The second kappa shape index (κ2) is 37.1. The molecule has 28 heteroatoms. The van der Waals surface area contributed by atoms with E-state index >= 15 is 4.39 Å². The number of urea groups is 1. The summed E-state index contributed by atoms with van der Waals surface area (Å²) in [4.78, 5) is 131. The number of rotatable bonds is 37. The molecule has 0 aromatic heterocycles. The van der Waals surface area contributed by atoms with Gasteiger partial charge in [0.1, 0.15) is 44.2 Å². The molecule has 0 radical (unpaired) electrons. The van der Waals surface area contributed by atoms with Crippen molar-refractivity contribution in [2.24, 2.45) is 40.2 Å². The van der Waals surface area contributed by atoms with Crippen LogP contribution in [0.2, 0.25) is 0 Å². The van der Waals surface area contributed by atoms with E-state index in [4.69, 9.17) is 34.2 Å². The molecule has 3 aromatic carbocycles. The molecule has 0 unspecified atom stereocenters. The molecule has 103 heavy (non-hydrogen) atoms. The average Bonchev–Trinajstić information content (AvgIpc) is 1.59. The van der Waals surface area contributed by atoms with Gasteiger partial charge in [-0.2, -0.15) is 0 Å². The first-order valence-corrected chi connectivity index (χ1v) is 35.3. The molecule has 1 aliphatic heterocycles. The van der Waals surface area contributed by atoms with Crippen LogP contribution in [0.15, 0.2) is 103 Å². The number of para-hydroxylation sites is 1. The van der Waals surface area contributed by atoms with Crippen molar-refractivity contribution in [3.05, 3.63) is 125 Å². The molecule has 10 atom stereocenters. The van der Waals surface area contributed by atoms with Crippen molar-refractivity contribution in [1.29, 1.82) is 0 Å². The zero-order chi connectivity index (χ0) is 74.5. The van der Waals surface area contributed by atoms with Crippen LogP contribution >= 0.6 is 0 Å². The number of benzene rings is 3. The van der Waals surface area contributed by atoms with Crippen LogP contribution in [0.4, 0.5) is 25.4 Å². The number of anilines is 2. The number of aliphatic hydroxyl groups is 2. The third kappa shape index (κ3) is 20.2. The van der Waals surface area contributed by atoms with Crippen LogP contribution in [0.1, 0.15) is 115 Å². The highest BCUT2D eigenvalue weighted by molar-refractivity contribution is 6.02. The number of halogens is 1. The number of amides is 9. The summed E-state index contributed by atoms with van der Waals surface area (Å²) < 4.78 is 50.6. The van der Waals surface area contributed by atoms with E-state index in [1.165, 1.54) is 24.3 Å². The Morgan fingerprint density at radius 2 is 1.42 bits per heavy atom. The van der Waals surface area contributed by atoms with Crippen molar-refractivity contribution in [3.63, 3.8) is 0 Å². The lowest BCUT2D eigenvalue weighted by Crippen LogP contribution is -2.69. The van der Waals surface area contributed by atoms with Gasteiger partial charge in [0, 0.05) is 60.4 Å². The molecular weight excluding hydrogens is 1330 g/mol. The number of alkyl halides is 1. The monoisotopic (exact) mass is 1430 g/mol. The van der Waals surface area contributed by atoms with Crippen LogP contribution in [-0.4, -0.2) is 185 Å². The maximum absolute atomic E-state index is 17.6. The highest BCUT2D eigenvalue weighted by Crippen LogP contribution is 2.70. The van der Waals surface area contributed by atoms with E-state index in [9.17, 15) is 58.2 Å². The summed E-state index contributed by atoms with van der Waals surface area (Å²) in [5, 5.41) is 42.1. The number of nitrogens with two attached hydrogens (primary N) is 1. The first-order valence-electron chi connectivity index (χ1n) is 35.3. The summed E-state index contributed by atoms with van der Waals surface area (Å²) in [5.74, 6) is -5.87. The first kappa shape index (κ1) is 79.9. The minimum absolute atomic E-state index is 0.0323. The largest absolute Gasteiger partial charge is 0.445 e. The number of nitrogens with one attached hydrogen (secondary N) is 7. The third-order valence-electron chi connectivity index (χ3n) is 20.6. The summed E-state index contributed by atoms with van der Waals surface area (Å²) in [6.07, 6.45) is 3.75. The molecular formula is C75H100FN9O18. The van der Waals surface area contributed by atoms with Crippen LogP contribution in [0.3, 0.4) is 0 Å². The molecule has 9 amide bonds. The molecule has 1 heterocycles. The number of fused-ring (bicyclic) bond motifs is 7. The van der Waals surface area contributed by atoms with Crippen molar-refractivity contribution in [2.75, 3.05) is 96.0 Å². The number of carbonyl (C=O) groups excluding carboxylic acids is 10. The molecule has 0 bridgehead atoms. The molecule has 4 aliphatic carbocycles. The Labute approximate surface area is 599 Å². The zero-order valence-corrected chi connectivity index (χ0v) is 59.4. The molecule has 560 valence electrons. The van der Waals surface area contributed by atoms with Crippen LogP contribution in [0, 0.1) is 34.5 Å². The normalized spacial score (nSPS) is 23.7. The topological polar surface area (TPSA) is 380 Å². The fourth-order valence-electron chi connectivity index (χ4n) is 15.0. The van der Waals surface area contributed by atoms with Gasteiger partial charge in [-0.25, -0.2) is 14.0 Å². The van der Waals surface area contributed by atoms with Gasteiger partial charge in [0.15, 0.2) is 17.2 Å². The van der Waals surface area contributed by atoms with E-state index in [-0.39, 0.29) is 109 Å². The number of carbonyl (C=O) groups is 10. The van der Waals surface area contributed by atoms with E-state index < -0.39 is 125 Å². The van der Waals surface area contributed by atoms with E-state index in [1.54, 1.807) is 57.7 Å². The van der Waals surface area contributed by atoms with Crippen LogP contribution in [-0.2, 0) is 86.3 Å². The summed E-state index contributed by atoms with van der Waals surface area (Å²) in [6.45, 7) is 13.8. The lowest BCUT2D eigenvalue weighted by molar-refractivity contribution is -0.220. The Morgan fingerprint density at radius 1 is 0.748 bits per heavy atom. The lowest BCUT2D eigenvalue weighted by Gasteiger charge is -2.62. The number of aliphatic hydroxyl groups excluding tert-OH is 1. The van der Waals surface area contributed by atoms with Gasteiger partial charge < -0.3 is 86.5 Å². The summed E-state index contributed by atoms with van der Waals surface area (Å²) in [5.41, 5.74) is 4.91. The SMILES string of the molecule is C=C1Cc2ccccc2CN(C(=O)CCC(=O)NCCOCCOCCOCCOCCC(=O)N[C@H](C(=O)N[C@@H](CCCNC(N)=O)C(=O)Nc2ccc(COC(=O)NCC(=O)NCOCC(=O)[C@@]3(O)[C@H](C)C[C@H]4[C@@H]5CCC6=CC(=O)C=C[C@]6(C)[C@@]5(F)[C@@H](O)C[C@@]43C)cc2)C(C)C)c2ccccc21. The van der Waals surface area contributed by atoms with Gasteiger partial charge in [-0.3, -0.25) is 38.4 Å². The maximum atomic E-state index is 17.6. The molecule has 5 aliphatic rings. The van der Waals surface area contributed by atoms with Crippen LogP contribution < -0.4 is 47.9 Å². The Kier molecular flexibility index (Phi) is 28.8. The molecule has 11 N–H and O–H groups in total. The zero-order valence-electron chi connectivity index (χ0n) is 59.4. The van der Waals surface area contributed by atoms with Crippen molar-refractivity contribution >= 4 is 76.1 Å². The molecule has 3 fully saturated rings. The van der Waals surface area contributed by atoms with Gasteiger partial charge in [0.05, 0.1) is 71.2 Å². The van der Waals surface area contributed by atoms with E-state index in [0.717, 1.165) is 28.0 Å². The Morgan fingerprint density at radius 3 is 2.12 bits per heavy atom. The predicted molar refractivity (Wildman–Crippen MR) is 378 cm³/mol. The molecule has 0 spiro atoms. The minimum Gasteiger partial charge on any atom is -0.445 e. The number of ketones is 2. The number of allylic oxidation sites excluding steroid dienone is 5. The number of ether oxygens (including phenoxy) is 6. The molecule has 27 nitrogen and oxygen atoms in total. The Bertz CT molecular complexity index is 3610. The second-order valence-electron chi connectivity index (χ2n) is 27.7. The van der Waals surface area contributed by atoms with Crippen molar-refractivity contribution < 1.29 is 91.0 Å². The number of alkyl carbamates (subject to hydrolysis) is 1. The Balaban J connectivity index is 0.656. The van der Waals surface area contributed by atoms with Gasteiger partial charge in [0.25, 0.3) is 0 Å². The summed E-state index contributed by atoms with van der Waals surface area (Å²) >= 11 is 0. The molecule has 3 saturated carbocycles. The summed E-state index contributed by atoms with van der Waals surface area (Å²) in [7, 11) is 0. The third-order valence-corrected chi connectivity index (χ3v) is 20.6. The fraction of sp³-hybridized carbons (Fsp3) is 0.547. The smallest absolute Gasteiger partial charge is 0.407 e. The summed E-state index contributed by atoms with van der Waals surface area (Å²) in [6, 6.07) is 19.0. The van der Waals surface area contributed by atoms with Gasteiger partial charge in [-0.05, 0) is 122 Å². The number of primary amides is 1. The number of hydrogen-bond donors (Lipinski definition) is 10. The highest BCUT2D eigenvalue weighted by Gasteiger charge is 2.75. The average molecular weight is 1430 g/mol. The Hall–Kier alpha value is -8.77. The van der Waals surface area contributed by atoms with Gasteiger partial charge in [-0.15, -0.1) is 0 Å². The van der Waals surface area contributed by atoms with E-state index in [0.29, 0.717) is 68.9 Å². The maximum Gasteiger partial charge on any atom is 0.407 e. The molecule has 0 saturated heterocycles. The van der Waals surface area contributed by atoms with E-state index in [1.807, 2.05) is 42.5 Å². The van der Waals surface area contributed by atoms with Crippen molar-refractivity contribution in [2.45, 2.75) is 141 Å². The van der Waals surface area contributed by atoms with Gasteiger partial charge in [-0.1, -0.05) is 101 Å². The lowest BCUT2D eigenvalue weighted by atomic mass is 9.44. The molecule has 3 aromatic rings. The van der Waals surface area contributed by atoms with Gasteiger partial charge >= 0.3 is 12.1 Å². The quantitative estimate of drug-likeness (QED) is 0.0265. The minimum atomic E-state index is -2.13. The van der Waals surface area contributed by atoms with Crippen molar-refractivity contribution in [3.8, 4) is 0 Å². The van der Waals surface area contributed by atoms with Crippen LogP contribution in [0.25, 0.3) is 5.57 Å². The fourth-order valence-corrected chi connectivity index (χ4v) is 15.0. The highest BCUT2D eigenvalue weighted by atomic mass is 19.1.